The van der Waals surface area contributed by atoms with E-state index in [1.807, 2.05) is 6.92 Å². The molecule has 2 heterocycles. The van der Waals surface area contributed by atoms with Crippen molar-refractivity contribution in [1.82, 2.24) is 9.29 Å². The summed E-state index contributed by atoms with van der Waals surface area (Å²) in [6, 6.07) is 12.8. The van der Waals surface area contributed by atoms with Crippen LogP contribution in [-0.4, -0.2) is 45.3 Å². The number of aryl methyl sites for hydroxylation is 1. The van der Waals surface area contributed by atoms with Gasteiger partial charge in [0.05, 0.1) is 15.9 Å². The van der Waals surface area contributed by atoms with Crippen molar-refractivity contribution in [1.29, 1.82) is 0 Å². The highest BCUT2D eigenvalue weighted by Gasteiger charge is 2.34. The molecule has 1 aliphatic heterocycles. The molecule has 0 radical (unpaired) electrons. The van der Waals surface area contributed by atoms with Crippen LogP contribution >= 0.6 is 11.6 Å². The van der Waals surface area contributed by atoms with Crippen LogP contribution in [0.5, 0.6) is 0 Å². The number of benzene rings is 2. The third-order valence-corrected chi connectivity index (χ3v) is 8.85. The lowest BCUT2D eigenvalue weighted by atomic mass is 10.1. The fourth-order valence-electron chi connectivity index (χ4n) is 3.65. The minimum Gasteiger partial charge on any atom is -0.262 e. The summed E-state index contributed by atoms with van der Waals surface area (Å²) < 4.78 is 58.7. The third kappa shape index (κ3) is 4.47. The molecule has 1 atom stereocenters. The van der Waals surface area contributed by atoms with Crippen molar-refractivity contribution in [3.05, 3.63) is 65.4 Å². The van der Waals surface area contributed by atoms with E-state index in [0.29, 0.717) is 23.6 Å². The largest absolute Gasteiger partial charge is 0.297 e. The van der Waals surface area contributed by atoms with Gasteiger partial charge in [0.2, 0.25) is 10.0 Å². The van der Waals surface area contributed by atoms with E-state index in [9.17, 15) is 16.8 Å². The number of hydrogen-bond acceptors (Lipinski definition) is 6. The van der Waals surface area contributed by atoms with Gasteiger partial charge < -0.3 is 0 Å². The molecule has 2 aromatic carbocycles. The van der Waals surface area contributed by atoms with E-state index in [1.165, 1.54) is 28.7 Å². The fourth-order valence-corrected chi connectivity index (χ4v) is 6.68. The zero-order valence-electron chi connectivity index (χ0n) is 16.7. The predicted octanol–water partition coefficient (Wildman–Crippen LogP) is 3.76. The summed E-state index contributed by atoms with van der Waals surface area (Å²) in [5, 5.41) is 1.23. The van der Waals surface area contributed by atoms with Crippen molar-refractivity contribution in [2.75, 3.05) is 13.1 Å². The number of pyridine rings is 1. The van der Waals surface area contributed by atoms with Crippen LogP contribution in [0.25, 0.3) is 10.8 Å². The van der Waals surface area contributed by atoms with Crippen LogP contribution in [0.2, 0.25) is 5.15 Å². The molecule has 4 rings (SSSR count). The van der Waals surface area contributed by atoms with Crippen molar-refractivity contribution in [2.24, 2.45) is 0 Å². The van der Waals surface area contributed by atoms with E-state index in [0.717, 1.165) is 5.56 Å². The zero-order chi connectivity index (χ0) is 22.2. The van der Waals surface area contributed by atoms with Crippen LogP contribution in [0.15, 0.2) is 64.5 Å². The summed E-state index contributed by atoms with van der Waals surface area (Å²) in [7, 11) is -7.89. The monoisotopic (exact) mass is 480 g/mol. The molecule has 0 bridgehead atoms. The summed E-state index contributed by atoms with van der Waals surface area (Å²) in [6.45, 7) is 2.09. The van der Waals surface area contributed by atoms with Crippen molar-refractivity contribution in [3.8, 4) is 0 Å². The summed E-state index contributed by atoms with van der Waals surface area (Å²) in [4.78, 5) is 4.16. The Morgan fingerprint density at radius 2 is 1.77 bits per heavy atom. The number of piperidine rings is 1. The van der Waals surface area contributed by atoms with Crippen LogP contribution in [0, 0.1) is 6.92 Å². The van der Waals surface area contributed by atoms with Gasteiger partial charge in [-0.3, -0.25) is 4.18 Å². The maximum atomic E-state index is 13.4. The van der Waals surface area contributed by atoms with Crippen molar-refractivity contribution in [2.45, 2.75) is 35.7 Å². The molecule has 7 nitrogen and oxygen atoms in total. The Balaban J connectivity index is 1.60. The summed E-state index contributed by atoms with van der Waals surface area (Å²) in [6.07, 6.45) is 1.62. The second-order valence-corrected chi connectivity index (χ2v) is 11.3. The second-order valence-electron chi connectivity index (χ2n) is 7.44. The van der Waals surface area contributed by atoms with Gasteiger partial charge in [-0.1, -0.05) is 41.4 Å². The Kier molecular flexibility index (Phi) is 6.06. The first-order valence-electron chi connectivity index (χ1n) is 9.72. The number of hydrogen-bond donors (Lipinski definition) is 0. The molecular weight excluding hydrogens is 460 g/mol. The number of halogens is 1. The molecule has 10 heteroatoms. The minimum absolute atomic E-state index is 0.0503. The Bertz CT molecular complexity index is 1330. The van der Waals surface area contributed by atoms with Gasteiger partial charge in [-0.2, -0.15) is 12.7 Å². The maximum absolute atomic E-state index is 13.4. The molecule has 0 aliphatic carbocycles. The molecule has 0 spiro atoms. The van der Waals surface area contributed by atoms with E-state index < -0.39 is 26.2 Å². The number of fused-ring (bicyclic) bond motifs is 1. The van der Waals surface area contributed by atoms with Gasteiger partial charge in [-0.25, -0.2) is 13.4 Å². The van der Waals surface area contributed by atoms with Gasteiger partial charge in [0, 0.05) is 30.1 Å². The minimum atomic E-state index is -4.00. The average molecular weight is 481 g/mol. The Morgan fingerprint density at radius 1 is 1.03 bits per heavy atom. The molecule has 164 valence electrons. The van der Waals surface area contributed by atoms with Gasteiger partial charge in [0.1, 0.15) is 5.15 Å². The summed E-state index contributed by atoms with van der Waals surface area (Å²) in [5.74, 6) is 0. The first-order valence-corrected chi connectivity index (χ1v) is 12.9. The van der Waals surface area contributed by atoms with Crippen molar-refractivity contribution >= 4 is 42.5 Å². The molecular formula is C21H21ClN2O5S2. The second kappa shape index (κ2) is 8.48. The highest BCUT2D eigenvalue weighted by molar-refractivity contribution is 7.89. The van der Waals surface area contributed by atoms with Gasteiger partial charge in [0.25, 0.3) is 10.1 Å². The highest BCUT2D eigenvalue weighted by atomic mass is 35.5. The van der Waals surface area contributed by atoms with Gasteiger partial charge in [0.15, 0.2) is 0 Å². The predicted molar refractivity (Wildman–Crippen MR) is 118 cm³/mol. The Labute approximate surface area is 186 Å². The lowest BCUT2D eigenvalue weighted by Gasteiger charge is -2.31. The number of nitrogens with zero attached hydrogens (tertiary/aromatic N) is 2. The topological polar surface area (TPSA) is 93.6 Å². The lowest BCUT2D eigenvalue weighted by molar-refractivity contribution is 0.136. The van der Waals surface area contributed by atoms with E-state index >= 15 is 0 Å². The first kappa shape index (κ1) is 22.2. The van der Waals surface area contributed by atoms with E-state index in [2.05, 4.69) is 4.98 Å². The molecule has 1 unspecified atom stereocenters. The van der Waals surface area contributed by atoms with Crippen molar-refractivity contribution in [3.63, 3.8) is 0 Å². The normalized spacial score (nSPS) is 18.3. The average Bonchev–Trinajstić information content (AvgIpc) is 2.74. The molecule has 0 saturated carbocycles. The number of aromatic nitrogens is 1. The van der Waals surface area contributed by atoms with Gasteiger partial charge >= 0.3 is 0 Å². The van der Waals surface area contributed by atoms with Crippen LogP contribution in [0.1, 0.15) is 18.4 Å². The molecule has 1 aromatic heterocycles. The molecule has 1 saturated heterocycles. The number of rotatable bonds is 5. The third-order valence-electron chi connectivity index (χ3n) is 5.25. The van der Waals surface area contributed by atoms with Gasteiger partial charge in [-0.15, -0.1) is 0 Å². The highest BCUT2D eigenvalue weighted by Crippen LogP contribution is 2.31. The zero-order valence-corrected chi connectivity index (χ0v) is 19.1. The maximum Gasteiger partial charge on any atom is 0.297 e. The fraction of sp³-hybridized carbons (Fsp3) is 0.286. The van der Waals surface area contributed by atoms with Crippen molar-refractivity contribution < 1.29 is 21.0 Å². The summed E-state index contributed by atoms with van der Waals surface area (Å²) in [5.41, 5.74) is 0.930. The number of sulfonamides is 1. The van der Waals surface area contributed by atoms with E-state index in [1.54, 1.807) is 30.3 Å². The quantitative estimate of drug-likeness (QED) is 0.407. The summed E-state index contributed by atoms with van der Waals surface area (Å²) >= 11 is 6.12. The lowest BCUT2D eigenvalue weighted by Crippen LogP contribution is -2.43. The molecule has 31 heavy (non-hydrogen) atoms. The SMILES string of the molecule is Cc1ccc(S(=O)(=O)OC2CCCN(S(=O)(=O)c3cccc4c(Cl)nccc34)C2)cc1. The van der Waals surface area contributed by atoms with Crippen LogP contribution in [0.4, 0.5) is 0 Å². The van der Waals surface area contributed by atoms with E-state index in [-0.39, 0.29) is 28.0 Å². The van der Waals surface area contributed by atoms with Crippen LogP contribution in [0.3, 0.4) is 0 Å². The molecule has 3 aromatic rings. The molecule has 1 aliphatic rings. The Morgan fingerprint density at radius 3 is 2.52 bits per heavy atom. The molecule has 1 fully saturated rings. The first-order chi connectivity index (χ1) is 14.7. The van der Waals surface area contributed by atoms with Crippen LogP contribution in [-0.2, 0) is 24.3 Å². The molecule has 0 amide bonds. The smallest absolute Gasteiger partial charge is 0.262 e. The van der Waals surface area contributed by atoms with Gasteiger partial charge in [-0.05, 0) is 44.0 Å². The standard InChI is InChI=1S/C21H21ClN2O5S2/c1-15-7-9-17(10-8-15)31(27,28)29-16-4-3-13-24(14-16)30(25,26)20-6-2-5-19-18(20)11-12-23-21(19)22/h2,5-12,16H,3-4,13-14H2,1H3. The molecule has 0 N–H and O–H groups in total. The Hall–Kier alpha value is -2.04. The van der Waals surface area contributed by atoms with Crippen LogP contribution < -0.4 is 0 Å². The van der Waals surface area contributed by atoms with E-state index in [4.69, 9.17) is 15.8 Å².